The normalized spacial score (nSPS) is 11.8. The number of furan rings is 2. The van der Waals surface area contributed by atoms with Crippen molar-refractivity contribution in [3.8, 4) is 62.1 Å². The molecule has 13 aromatic rings. The number of hydrogen-bond donors (Lipinski definition) is 0. The smallest absolute Gasteiger partial charge is 0.164 e. The molecule has 0 aliphatic rings. The summed E-state index contributed by atoms with van der Waals surface area (Å²) >= 11 is 0. The number of aromatic nitrogens is 4. The molecule has 0 amide bonds. The number of para-hydroxylation sites is 2. The summed E-state index contributed by atoms with van der Waals surface area (Å²) in [5, 5.41) is 6.64. The van der Waals surface area contributed by atoms with E-state index in [1.54, 1.807) is 0 Å². The van der Waals surface area contributed by atoms with Crippen LogP contribution in [0.1, 0.15) is 0 Å². The SMILES string of the molecule is c1ccc(-c2nc(-c3ccccc3)nc(-c3cccc(-c4cccc5oc6ccc(-c7ccc8c(c7)c7cc9oc%10ccccc%10c9cc7n8-c7ccccc7)cc6c45)c3)n2)cc1. The minimum atomic E-state index is 0.612. The topological polar surface area (TPSA) is 69.9 Å². The Hall–Kier alpha value is -8.61. The van der Waals surface area contributed by atoms with E-state index in [2.05, 4.69) is 138 Å². The number of hydrogen-bond acceptors (Lipinski definition) is 5. The van der Waals surface area contributed by atoms with Gasteiger partial charge in [0.2, 0.25) is 0 Å². The Labute approximate surface area is 361 Å². The van der Waals surface area contributed by atoms with Crippen LogP contribution in [0.4, 0.5) is 0 Å². The van der Waals surface area contributed by atoms with E-state index in [1.807, 2.05) is 72.8 Å². The van der Waals surface area contributed by atoms with E-state index in [0.717, 1.165) is 110 Å². The summed E-state index contributed by atoms with van der Waals surface area (Å²) in [4.78, 5) is 14.9. The van der Waals surface area contributed by atoms with Gasteiger partial charge in [0.25, 0.3) is 0 Å². The molecule has 4 aromatic heterocycles. The van der Waals surface area contributed by atoms with E-state index < -0.39 is 0 Å². The minimum Gasteiger partial charge on any atom is -0.456 e. The molecular formula is C57H34N4O2. The second-order valence-corrected chi connectivity index (χ2v) is 16.0. The Bertz CT molecular complexity index is 3850. The van der Waals surface area contributed by atoms with Gasteiger partial charge in [-0.05, 0) is 89.0 Å². The molecule has 0 aliphatic carbocycles. The van der Waals surface area contributed by atoms with Crippen LogP contribution in [0.25, 0.3) is 128 Å². The van der Waals surface area contributed by atoms with Crippen molar-refractivity contribution in [1.29, 1.82) is 0 Å². The average Bonchev–Trinajstić information content (AvgIpc) is 4.02. The first-order valence-electron chi connectivity index (χ1n) is 21.1. The van der Waals surface area contributed by atoms with Gasteiger partial charge in [-0.2, -0.15) is 0 Å². The Kier molecular flexibility index (Phi) is 7.80. The molecule has 0 bridgehead atoms. The van der Waals surface area contributed by atoms with Crippen molar-refractivity contribution in [2.24, 2.45) is 0 Å². The van der Waals surface area contributed by atoms with Gasteiger partial charge in [0.15, 0.2) is 17.5 Å². The molecule has 294 valence electrons. The van der Waals surface area contributed by atoms with Gasteiger partial charge in [-0.1, -0.05) is 140 Å². The lowest BCUT2D eigenvalue weighted by Gasteiger charge is -2.10. The molecule has 6 nitrogen and oxygen atoms in total. The Morgan fingerprint density at radius 2 is 0.857 bits per heavy atom. The Balaban J connectivity index is 0.955. The molecular weight excluding hydrogens is 773 g/mol. The van der Waals surface area contributed by atoms with Crippen LogP contribution in [0.15, 0.2) is 215 Å². The quantitative estimate of drug-likeness (QED) is 0.167. The first-order chi connectivity index (χ1) is 31.2. The maximum atomic E-state index is 6.55. The van der Waals surface area contributed by atoms with Crippen LogP contribution in [-0.4, -0.2) is 19.5 Å². The van der Waals surface area contributed by atoms with Crippen LogP contribution in [0.5, 0.6) is 0 Å². The monoisotopic (exact) mass is 806 g/mol. The highest BCUT2D eigenvalue weighted by molar-refractivity contribution is 6.18. The van der Waals surface area contributed by atoms with Crippen molar-refractivity contribution in [2.75, 3.05) is 0 Å². The summed E-state index contributed by atoms with van der Waals surface area (Å²) in [6.45, 7) is 0. The molecule has 4 heterocycles. The number of fused-ring (bicyclic) bond motifs is 9. The van der Waals surface area contributed by atoms with Gasteiger partial charge >= 0.3 is 0 Å². The van der Waals surface area contributed by atoms with Crippen LogP contribution >= 0.6 is 0 Å². The molecule has 0 unspecified atom stereocenters. The van der Waals surface area contributed by atoms with E-state index in [-0.39, 0.29) is 0 Å². The molecule has 13 rings (SSSR count). The van der Waals surface area contributed by atoms with Crippen LogP contribution in [0.2, 0.25) is 0 Å². The number of nitrogens with zero attached hydrogens (tertiary/aromatic N) is 4. The lowest BCUT2D eigenvalue weighted by atomic mass is 9.96. The number of rotatable bonds is 6. The minimum absolute atomic E-state index is 0.612. The zero-order valence-electron chi connectivity index (χ0n) is 33.7. The zero-order valence-corrected chi connectivity index (χ0v) is 33.7. The first-order valence-corrected chi connectivity index (χ1v) is 21.1. The summed E-state index contributed by atoms with van der Waals surface area (Å²) in [5.41, 5.74) is 13.9. The fourth-order valence-electron chi connectivity index (χ4n) is 9.28. The maximum absolute atomic E-state index is 6.55. The second-order valence-electron chi connectivity index (χ2n) is 16.0. The lowest BCUT2D eigenvalue weighted by Crippen LogP contribution is -2.00. The van der Waals surface area contributed by atoms with Gasteiger partial charge < -0.3 is 13.4 Å². The van der Waals surface area contributed by atoms with Crippen molar-refractivity contribution in [2.45, 2.75) is 0 Å². The van der Waals surface area contributed by atoms with Gasteiger partial charge in [0.1, 0.15) is 22.3 Å². The van der Waals surface area contributed by atoms with Crippen molar-refractivity contribution in [1.82, 2.24) is 19.5 Å². The predicted molar refractivity (Wildman–Crippen MR) is 256 cm³/mol. The third kappa shape index (κ3) is 5.76. The predicted octanol–water partition coefficient (Wildman–Crippen LogP) is 15.1. The standard InChI is InChI=1S/C57H34N4O2/c1-4-14-35(15-5-1)55-58-56(36-16-6-2-7-17-36)60-57(59-55)40-19-12-18-39(30-40)42-23-13-25-52-54(42)47-32-38(27-29-51(47)62-52)37-26-28-48-44(31-37)45-34-53-46(43-22-10-11-24-50(43)63-53)33-49(45)61(48)41-20-8-3-9-21-41/h1-34H. The van der Waals surface area contributed by atoms with Gasteiger partial charge in [0, 0.05) is 54.7 Å². The van der Waals surface area contributed by atoms with Crippen LogP contribution in [0, 0.1) is 0 Å². The Morgan fingerprint density at radius 3 is 1.62 bits per heavy atom. The van der Waals surface area contributed by atoms with Gasteiger partial charge in [-0.3, -0.25) is 0 Å². The molecule has 0 aliphatic heterocycles. The van der Waals surface area contributed by atoms with Crippen molar-refractivity contribution < 1.29 is 8.83 Å². The van der Waals surface area contributed by atoms with E-state index in [1.165, 1.54) is 0 Å². The zero-order chi connectivity index (χ0) is 41.4. The van der Waals surface area contributed by atoms with Crippen LogP contribution in [-0.2, 0) is 0 Å². The molecule has 6 heteroatoms. The van der Waals surface area contributed by atoms with Crippen LogP contribution in [0.3, 0.4) is 0 Å². The summed E-state index contributed by atoms with van der Waals surface area (Å²) in [6.07, 6.45) is 0. The van der Waals surface area contributed by atoms with E-state index >= 15 is 0 Å². The fraction of sp³-hybridized carbons (Fsp3) is 0. The molecule has 9 aromatic carbocycles. The Morgan fingerprint density at radius 1 is 0.302 bits per heavy atom. The third-order valence-corrected chi connectivity index (χ3v) is 12.2. The van der Waals surface area contributed by atoms with Gasteiger partial charge in [-0.15, -0.1) is 0 Å². The molecule has 63 heavy (non-hydrogen) atoms. The fourth-order valence-corrected chi connectivity index (χ4v) is 9.28. The summed E-state index contributed by atoms with van der Waals surface area (Å²) in [6, 6.07) is 71.6. The highest BCUT2D eigenvalue weighted by Gasteiger charge is 2.20. The third-order valence-electron chi connectivity index (χ3n) is 12.2. The van der Waals surface area contributed by atoms with Gasteiger partial charge in [0.05, 0.1) is 11.0 Å². The van der Waals surface area contributed by atoms with E-state index in [0.29, 0.717) is 17.5 Å². The maximum Gasteiger partial charge on any atom is 0.164 e. The molecule has 0 saturated carbocycles. The summed E-state index contributed by atoms with van der Waals surface area (Å²) in [5.74, 6) is 1.87. The number of benzene rings is 9. The first kappa shape index (κ1) is 35.2. The van der Waals surface area contributed by atoms with Crippen LogP contribution < -0.4 is 0 Å². The molecule has 0 saturated heterocycles. The van der Waals surface area contributed by atoms with E-state index in [4.69, 9.17) is 23.8 Å². The molecule has 0 radical (unpaired) electrons. The summed E-state index contributed by atoms with van der Waals surface area (Å²) < 4.78 is 15.3. The summed E-state index contributed by atoms with van der Waals surface area (Å²) in [7, 11) is 0. The molecule has 0 spiro atoms. The molecule has 0 N–H and O–H groups in total. The van der Waals surface area contributed by atoms with Crippen molar-refractivity contribution >= 4 is 65.7 Å². The average molecular weight is 807 g/mol. The largest absolute Gasteiger partial charge is 0.456 e. The van der Waals surface area contributed by atoms with Crippen molar-refractivity contribution in [3.05, 3.63) is 206 Å². The highest BCUT2D eigenvalue weighted by Crippen LogP contribution is 2.42. The highest BCUT2D eigenvalue weighted by atomic mass is 16.3. The van der Waals surface area contributed by atoms with Crippen molar-refractivity contribution in [3.63, 3.8) is 0 Å². The molecule has 0 fully saturated rings. The van der Waals surface area contributed by atoms with E-state index in [9.17, 15) is 0 Å². The lowest BCUT2D eigenvalue weighted by molar-refractivity contribution is 0.669. The second kappa shape index (κ2) is 14.0. The van der Waals surface area contributed by atoms with Gasteiger partial charge in [-0.25, -0.2) is 15.0 Å². The molecule has 0 atom stereocenters.